The van der Waals surface area contributed by atoms with Crippen LogP contribution in [0.1, 0.15) is 25.7 Å². The van der Waals surface area contributed by atoms with Crippen molar-refractivity contribution in [2.24, 2.45) is 5.92 Å². The fraction of sp³-hybridized carbons (Fsp3) is 0.545. The van der Waals surface area contributed by atoms with Gasteiger partial charge in [0, 0.05) is 6.08 Å². The van der Waals surface area contributed by atoms with Gasteiger partial charge in [-0.25, -0.2) is 4.79 Å². The fourth-order valence-corrected chi connectivity index (χ4v) is 1.55. The van der Waals surface area contributed by atoms with Gasteiger partial charge in [-0.1, -0.05) is 31.6 Å². The minimum atomic E-state index is -0.258. The van der Waals surface area contributed by atoms with E-state index < -0.39 is 0 Å². The predicted octanol–water partition coefficient (Wildman–Crippen LogP) is 2.46. The molecule has 0 aromatic heterocycles. The zero-order valence-corrected chi connectivity index (χ0v) is 7.87. The number of esters is 1. The molecule has 1 aliphatic carbocycles. The number of carbonyl (C=O) groups is 1. The van der Waals surface area contributed by atoms with Crippen molar-refractivity contribution >= 4 is 5.97 Å². The minimum Gasteiger partial charge on any atom is -0.458 e. The normalized spacial score (nSPS) is 17.8. The summed E-state index contributed by atoms with van der Waals surface area (Å²) in [6, 6.07) is 0. The Hall–Kier alpha value is -1.05. The Morgan fingerprint density at radius 2 is 2.15 bits per heavy atom. The van der Waals surface area contributed by atoms with Crippen molar-refractivity contribution in [2.45, 2.75) is 25.7 Å². The van der Waals surface area contributed by atoms with Gasteiger partial charge in [0.1, 0.15) is 6.61 Å². The van der Waals surface area contributed by atoms with E-state index in [-0.39, 0.29) is 5.97 Å². The van der Waals surface area contributed by atoms with E-state index in [1.165, 1.54) is 25.7 Å². The number of rotatable bonds is 4. The molecule has 0 aromatic carbocycles. The van der Waals surface area contributed by atoms with Crippen LogP contribution in [0.25, 0.3) is 0 Å². The Morgan fingerprint density at radius 1 is 1.46 bits per heavy atom. The summed E-state index contributed by atoms with van der Waals surface area (Å²) in [6.07, 6.45) is 10.1. The van der Waals surface area contributed by atoms with Crippen LogP contribution in [0, 0.1) is 5.92 Å². The third-order valence-corrected chi connectivity index (χ3v) is 2.25. The molecule has 0 heterocycles. The molecule has 2 nitrogen and oxygen atoms in total. The quantitative estimate of drug-likeness (QED) is 0.377. The Kier molecular flexibility index (Phi) is 4.30. The second-order valence-corrected chi connectivity index (χ2v) is 3.32. The molecular weight excluding hydrogens is 164 g/mol. The molecule has 0 N–H and O–H groups in total. The predicted molar refractivity (Wildman–Crippen MR) is 52.3 cm³/mol. The summed E-state index contributed by atoms with van der Waals surface area (Å²) >= 11 is 0. The van der Waals surface area contributed by atoms with Gasteiger partial charge in [0.2, 0.25) is 0 Å². The van der Waals surface area contributed by atoms with Crippen LogP contribution in [-0.2, 0) is 9.53 Å². The maximum absolute atomic E-state index is 11.0. The lowest BCUT2D eigenvalue weighted by molar-refractivity contribution is -0.136. The molecule has 1 fully saturated rings. The van der Waals surface area contributed by atoms with Crippen LogP contribution in [0.4, 0.5) is 0 Å². The van der Waals surface area contributed by atoms with E-state index in [2.05, 4.69) is 6.58 Å². The second-order valence-electron chi connectivity index (χ2n) is 3.32. The van der Waals surface area contributed by atoms with Crippen LogP contribution in [0.5, 0.6) is 0 Å². The van der Waals surface area contributed by atoms with Crippen molar-refractivity contribution < 1.29 is 9.53 Å². The van der Waals surface area contributed by atoms with E-state index in [4.69, 9.17) is 4.74 Å². The Balaban J connectivity index is 2.21. The molecule has 0 spiro atoms. The van der Waals surface area contributed by atoms with Crippen LogP contribution in [-0.4, -0.2) is 12.6 Å². The van der Waals surface area contributed by atoms with Gasteiger partial charge >= 0.3 is 5.97 Å². The first-order valence-electron chi connectivity index (χ1n) is 4.79. The topological polar surface area (TPSA) is 26.3 Å². The van der Waals surface area contributed by atoms with Crippen LogP contribution < -0.4 is 0 Å². The number of allylic oxidation sites excluding steroid dienone is 1. The SMILES string of the molecule is C=CCOC(=O)/C=C\C1CCCC1. The third-order valence-electron chi connectivity index (χ3n) is 2.25. The largest absolute Gasteiger partial charge is 0.458 e. The van der Waals surface area contributed by atoms with Gasteiger partial charge in [0.25, 0.3) is 0 Å². The highest BCUT2D eigenvalue weighted by molar-refractivity contribution is 5.81. The van der Waals surface area contributed by atoms with E-state index in [0.717, 1.165) is 0 Å². The standard InChI is InChI=1S/C11H16O2/c1-2-9-13-11(12)8-7-10-5-3-4-6-10/h2,7-8,10H,1,3-6,9H2/b8-7-. The Labute approximate surface area is 79.3 Å². The summed E-state index contributed by atoms with van der Waals surface area (Å²) < 4.78 is 4.81. The van der Waals surface area contributed by atoms with Crippen LogP contribution in [0.3, 0.4) is 0 Å². The van der Waals surface area contributed by atoms with Crippen LogP contribution in [0.15, 0.2) is 24.8 Å². The van der Waals surface area contributed by atoms with E-state index in [1.807, 2.05) is 6.08 Å². The van der Waals surface area contributed by atoms with E-state index in [9.17, 15) is 4.79 Å². The van der Waals surface area contributed by atoms with Gasteiger partial charge < -0.3 is 4.74 Å². The van der Waals surface area contributed by atoms with Gasteiger partial charge in [-0.3, -0.25) is 0 Å². The maximum atomic E-state index is 11.0. The smallest absolute Gasteiger partial charge is 0.330 e. The average Bonchev–Trinajstić information content (AvgIpc) is 2.64. The average molecular weight is 180 g/mol. The molecule has 0 unspecified atom stereocenters. The number of hydrogen-bond donors (Lipinski definition) is 0. The van der Waals surface area contributed by atoms with E-state index >= 15 is 0 Å². The molecule has 0 radical (unpaired) electrons. The lowest BCUT2D eigenvalue weighted by Crippen LogP contribution is -2.00. The van der Waals surface area contributed by atoms with Gasteiger partial charge in [-0.05, 0) is 18.8 Å². The second kappa shape index (κ2) is 5.57. The lowest BCUT2D eigenvalue weighted by atomic mass is 10.1. The zero-order chi connectivity index (χ0) is 9.52. The summed E-state index contributed by atoms with van der Waals surface area (Å²) in [4.78, 5) is 11.0. The first-order chi connectivity index (χ1) is 6.33. The van der Waals surface area contributed by atoms with Gasteiger partial charge in [-0.15, -0.1) is 0 Å². The van der Waals surface area contributed by atoms with Gasteiger partial charge in [0.05, 0.1) is 0 Å². The Morgan fingerprint density at radius 3 is 2.77 bits per heavy atom. The molecule has 1 saturated carbocycles. The highest BCUT2D eigenvalue weighted by atomic mass is 16.5. The molecule has 1 rings (SSSR count). The van der Waals surface area contributed by atoms with E-state index in [0.29, 0.717) is 12.5 Å². The molecule has 72 valence electrons. The first-order valence-corrected chi connectivity index (χ1v) is 4.79. The van der Waals surface area contributed by atoms with Crippen molar-refractivity contribution in [3.8, 4) is 0 Å². The summed E-state index contributed by atoms with van der Waals surface area (Å²) in [5.74, 6) is 0.336. The summed E-state index contributed by atoms with van der Waals surface area (Å²) in [7, 11) is 0. The zero-order valence-electron chi connectivity index (χ0n) is 7.87. The summed E-state index contributed by atoms with van der Waals surface area (Å²) in [5.41, 5.74) is 0. The monoisotopic (exact) mass is 180 g/mol. The molecule has 1 aliphatic rings. The lowest BCUT2D eigenvalue weighted by Gasteiger charge is -2.00. The Bertz CT molecular complexity index is 200. The molecule has 13 heavy (non-hydrogen) atoms. The molecule has 0 aromatic rings. The highest BCUT2D eigenvalue weighted by Gasteiger charge is 2.11. The highest BCUT2D eigenvalue weighted by Crippen LogP contribution is 2.25. The molecule has 0 saturated heterocycles. The van der Waals surface area contributed by atoms with Gasteiger partial charge in [0.15, 0.2) is 0 Å². The molecular formula is C11H16O2. The van der Waals surface area contributed by atoms with Gasteiger partial charge in [-0.2, -0.15) is 0 Å². The molecule has 0 atom stereocenters. The molecule has 0 aliphatic heterocycles. The van der Waals surface area contributed by atoms with Crippen molar-refractivity contribution in [1.29, 1.82) is 0 Å². The summed E-state index contributed by atoms with van der Waals surface area (Å²) in [6.45, 7) is 3.77. The summed E-state index contributed by atoms with van der Waals surface area (Å²) in [5, 5.41) is 0. The fourth-order valence-electron chi connectivity index (χ4n) is 1.55. The number of ether oxygens (including phenoxy) is 1. The van der Waals surface area contributed by atoms with Crippen LogP contribution in [0.2, 0.25) is 0 Å². The minimum absolute atomic E-state index is 0.258. The van der Waals surface area contributed by atoms with Crippen molar-refractivity contribution in [1.82, 2.24) is 0 Å². The molecule has 0 bridgehead atoms. The van der Waals surface area contributed by atoms with E-state index in [1.54, 1.807) is 12.2 Å². The van der Waals surface area contributed by atoms with Crippen molar-refractivity contribution in [3.05, 3.63) is 24.8 Å². The van der Waals surface area contributed by atoms with Crippen molar-refractivity contribution in [2.75, 3.05) is 6.61 Å². The maximum Gasteiger partial charge on any atom is 0.330 e. The number of carbonyl (C=O) groups excluding carboxylic acids is 1. The molecule has 2 heteroatoms. The number of hydrogen-bond acceptors (Lipinski definition) is 2. The third kappa shape index (κ3) is 3.92. The van der Waals surface area contributed by atoms with Crippen molar-refractivity contribution in [3.63, 3.8) is 0 Å². The molecule has 0 amide bonds. The first kappa shape index (κ1) is 10.0. The van der Waals surface area contributed by atoms with Crippen LogP contribution >= 0.6 is 0 Å².